The van der Waals surface area contributed by atoms with Gasteiger partial charge in [-0.1, -0.05) is 0 Å². The Morgan fingerprint density at radius 3 is 1.62 bits per heavy atom. The monoisotopic (exact) mass is 716 g/mol. The summed E-state index contributed by atoms with van der Waals surface area (Å²) in [5.74, 6) is -6.33. The molecule has 0 unspecified atom stereocenters. The second-order valence-corrected chi connectivity index (χ2v) is 12.8. The summed E-state index contributed by atoms with van der Waals surface area (Å²) in [4.78, 5) is 64.2. The number of phenolic OH excluding ortho intramolecular Hbond substituents is 2. The summed E-state index contributed by atoms with van der Waals surface area (Å²) < 4.78 is 22.0. The second kappa shape index (κ2) is 14.0. The Labute approximate surface area is 299 Å². The Hall–Kier alpha value is -5.95. The third kappa shape index (κ3) is 6.28. The van der Waals surface area contributed by atoms with E-state index in [-0.39, 0.29) is 73.1 Å². The van der Waals surface area contributed by atoms with Crippen LogP contribution in [-0.2, 0) is 14.3 Å². The number of aromatic carboxylic acids is 1. The number of carboxylic acid groups (broad SMARTS) is 1. The molecule has 3 aromatic carbocycles. The fourth-order valence-electron chi connectivity index (χ4n) is 6.22. The van der Waals surface area contributed by atoms with Crippen LogP contribution < -0.4 is 14.2 Å². The summed E-state index contributed by atoms with van der Waals surface area (Å²) in [7, 11) is 1.18. The SMILES string of the molecule is COC1=CC(=O)C=C(C)[C@]1(O)C(=O)Oc1c(C)c(C)c(C(=O)Oc2cc(C)c(C(=O)Oc3c(C)c(C)c(C(=O)O)c(C)c3C)c(O)c2C)c(O)c1C. The molecule has 1 aliphatic rings. The van der Waals surface area contributed by atoms with Gasteiger partial charge in [0.25, 0.3) is 0 Å². The van der Waals surface area contributed by atoms with Crippen molar-refractivity contribution in [1.82, 2.24) is 0 Å². The number of carbonyl (C=O) groups is 5. The molecule has 0 fully saturated rings. The first-order chi connectivity index (χ1) is 24.1. The number of phenols is 2. The lowest BCUT2D eigenvalue weighted by Gasteiger charge is -2.30. The molecule has 0 heterocycles. The molecule has 0 aromatic heterocycles. The summed E-state index contributed by atoms with van der Waals surface area (Å²) in [5.41, 5.74) is -0.522. The minimum atomic E-state index is -2.43. The fraction of sp³-hybridized carbons (Fsp3) is 0.308. The maximum absolute atomic E-state index is 13.6. The van der Waals surface area contributed by atoms with Crippen LogP contribution in [0.2, 0.25) is 0 Å². The van der Waals surface area contributed by atoms with Gasteiger partial charge in [0.1, 0.15) is 45.6 Å². The molecule has 0 radical (unpaired) electrons. The number of esters is 3. The van der Waals surface area contributed by atoms with E-state index in [0.29, 0.717) is 22.3 Å². The van der Waals surface area contributed by atoms with Crippen molar-refractivity contribution in [3.63, 3.8) is 0 Å². The molecule has 3 aromatic rings. The number of benzene rings is 3. The molecule has 4 rings (SSSR count). The molecule has 1 atom stereocenters. The van der Waals surface area contributed by atoms with Gasteiger partial charge in [-0.25, -0.2) is 19.2 Å². The molecular weight excluding hydrogens is 676 g/mol. The molecule has 0 bridgehead atoms. The first-order valence-corrected chi connectivity index (χ1v) is 16.0. The average Bonchev–Trinajstić information content (AvgIpc) is 3.07. The first-order valence-electron chi connectivity index (χ1n) is 16.0. The summed E-state index contributed by atoms with van der Waals surface area (Å²) >= 11 is 0. The van der Waals surface area contributed by atoms with Crippen LogP contribution in [0, 0.1) is 62.3 Å². The Morgan fingerprint density at radius 1 is 0.615 bits per heavy atom. The number of ether oxygens (including phenoxy) is 4. The van der Waals surface area contributed by atoms with E-state index < -0.39 is 46.8 Å². The molecule has 0 amide bonds. The van der Waals surface area contributed by atoms with Crippen LogP contribution in [0.15, 0.2) is 29.6 Å². The molecule has 0 spiro atoms. The van der Waals surface area contributed by atoms with Crippen molar-refractivity contribution in [2.75, 3.05) is 7.11 Å². The van der Waals surface area contributed by atoms with Gasteiger partial charge in [-0.3, -0.25) is 4.79 Å². The third-order valence-corrected chi connectivity index (χ3v) is 9.76. The van der Waals surface area contributed by atoms with Crippen molar-refractivity contribution in [2.24, 2.45) is 0 Å². The molecule has 13 nitrogen and oxygen atoms in total. The summed E-state index contributed by atoms with van der Waals surface area (Å²) in [6, 6.07) is 1.35. The van der Waals surface area contributed by atoms with E-state index >= 15 is 0 Å². The normalized spacial score (nSPS) is 15.4. The van der Waals surface area contributed by atoms with Gasteiger partial charge in [0.2, 0.25) is 5.60 Å². The highest BCUT2D eigenvalue weighted by Crippen LogP contribution is 2.42. The predicted molar refractivity (Wildman–Crippen MR) is 187 cm³/mol. The van der Waals surface area contributed by atoms with Crippen LogP contribution in [0.25, 0.3) is 0 Å². The zero-order valence-corrected chi connectivity index (χ0v) is 30.7. The zero-order chi connectivity index (χ0) is 39.3. The first kappa shape index (κ1) is 38.8. The summed E-state index contributed by atoms with van der Waals surface area (Å²) in [5, 5.41) is 43.2. The number of rotatable bonds is 8. The largest absolute Gasteiger partial charge is 0.507 e. The van der Waals surface area contributed by atoms with Crippen LogP contribution in [-0.4, -0.2) is 62.8 Å². The van der Waals surface area contributed by atoms with Crippen LogP contribution in [0.5, 0.6) is 28.7 Å². The zero-order valence-electron chi connectivity index (χ0n) is 30.7. The van der Waals surface area contributed by atoms with Crippen LogP contribution in [0.4, 0.5) is 0 Å². The Morgan fingerprint density at radius 2 is 1.10 bits per heavy atom. The van der Waals surface area contributed by atoms with Crippen LogP contribution >= 0.6 is 0 Å². The quantitative estimate of drug-likeness (QED) is 0.163. The lowest BCUT2D eigenvalue weighted by molar-refractivity contribution is -0.151. The van der Waals surface area contributed by atoms with Gasteiger partial charge < -0.3 is 39.4 Å². The highest BCUT2D eigenvalue weighted by atomic mass is 16.6. The van der Waals surface area contributed by atoms with Crippen molar-refractivity contribution in [3.05, 3.63) is 96.3 Å². The number of carbonyl (C=O) groups excluding carboxylic acids is 4. The average molecular weight is 717 g/mol. The molecule has 0 saturated carbocycles. The van der Waals surface area contributed by atoms with E-state index in [9.17, 15) is 44.4 Å². The van der Waals surface area contributed by atoms with Crippen LogP contribution in [0.1, 0.15) is 88.1 Å². The number of ketones is 1. The number of methoxy groups -OCH3 is 1. The Bertz CT molecular complexity index is 2130. The van der Waals surface area contributed by atoms with Gasteiger partial charge in [-0.15, -0.1) is 0 Å². The van der Waals surface area contributed by atoms with E-state index in [1.54, 1.807) is 27.7 Å². The van der Waals surface area contributed by atoms with Gasteiger partial charge in [-0.05, 0) is 126 Å². The van der Waals surface area contributed by atoms with E-state index in [1.165, 1.54) is 54.7 Å². The third-order valence-electron chi connectivity index (χ3n) is 9.76. The molecule has 52 heavy (non-hydrogen) atoms. The highest BCUT2D eigenvalue weighted by Gasteiger charge is 2.48. The van der Waals surface area contributed by atoms with E-state index in [1.807, 2.05) is 0 Å². The summed E-state index contributed by atoms with van der Waals surface area (Å²) in [6.07, 6.45) is 2.02. The van der Waals surface area contributed by atoms with Gasteiger partial charge in [0.05, 0.1) is 12.7 Å². The van der Waals surface area contributed by atoms with E-state index in [0.717, 1.165) is 12.2 Å². The standard InChI is InChI=1S/C39H40O13/c1-15-12-26(23(9)31(41)28(15)36(45)51-33-20(6)17(3)29(35(43)44)18(4)21(33)7)50-37(46)30-19(5)22(8)34(24(10)32(30)42)52-38(47)39(48)16(2)13-25(40)14-27(39)49-11/h12-14,41-42,48H,1-11H3,(H,43,44)/t39-/m1/s1. The Kier molecular flexibility index (Phi) is 10.5. The lowest BCUT2D eigenvalue weighted by Crippen LogP contribution is -2.47. The molecule has 274 valence electrons. The maximum Gasteiger partial charge on any atom is 0.356 e. The van der Waals surface area contributed by atoms with E-state index in [4.69, 9.17) is 18.9 Å². The maximum atomic E-state index is 13.6. The van der Waals surface area contributed by atoms with Crippen molar-refractivity contribution in [1.29, 1.82) is 0 Å². The van der Waals surface area contributed by atoms with E-state index in [2.05, 4.69) is 0 Å². The van der Waals surface area contributed by atoms with Crippen molar-refractivity contribution in [3.8, 4) is 28.7 Å². The second-order valence-electron chi connectivity index (χ2n) is 12.8. The minimum absolute atomic E-state index is 0.00806. The number of allylic oxidation sites excluding steroid dienone is 2. The topological polar surface area (TPSA) is 203 Å². The Balaban J connectivity index is 1.66. The van der Waals surface area contributed by atoms with Crippen LogP contribution in [0.3, 0.4) is 0 Å². The lowest BCUT2D eigenvalue weighted by atomic mass is 9.87. The molecular formula is C39H40O13. The number of carboxylic acids is 1. The van der Waals surface area contributed by atoms with Gasteiger partial charge in [0.15, 0.2) is 5.78 Å². The smallest absolute Gasteiger partial charge is 0.356 e. The predicted octanol–water partition coefficient (Wildman–Crippen LogP) is 5.71. The minimum Gasteiger partial charge on any atom is -0.507 e. The molecule has 4 N–H and O–H groups in total. The van der Waals surface area contributed by atoms with Gasteiger partial charge in [-0.2, -0.15) is 0 Å². The highest BCUT2D eigenvalue weighted by molar-refractivity contribution is 6.06. The van der Waals surface area contributed by atoms with Gasteiger partial charge in [0, 0.05) is 17.2 Å². The van der Waals surface area contributed by atoms with Gasteiger partial charge >= 0.3 is 23.9 Å². The van der Waals surface area contributed by atoms with Crippen molar-refractivity contribution >= 4 is 29.7 Å². The number of hydrogen-bond donors (Lipinski definition) is 4. The number of aryl methyl sites for hydroxylation is 1. The van der Waals surface area contributed by atoms with Crippen molar-refractivity contribution in [2.45, 2.75) is 74.8 Å². The number of hydrogen-bond acceptors (Lipinski definition) is 12. The summed E-state index contributed by atoms with van der Waals surface area (Å²) in [6.45, 7) is 15.1. The number of aromatic hydroxyl groups is 2. The molecule has 0 saturated heterocycles. The molecule has 0 aliphatic heterocycles. The molecule has 1 aliphatic carbocycles. The fourth-order valence-corrected chi connectivity index (χ4v) is 6.22. The number of aliphatic hydroxyl groups is 1. The molecule has 13 heteroatoms. The van der Waals surface area contributed by atoms with Crippen molar-refractivity contribution < 1.29 is 63.3 Å².